The van der Waals surface area contributed by atoms with Crippen LogP contribution in [0.5, 0.6) is 5.75 Å². The summed E-state index contributed by atoms with van der Waals surface area (Å²) in [6.45, 7) is 2.56. The van der Waals surface area contributed by atoms with Gasteiger partial charge < -0.3 is 10.5 Å². The van der Waals surface area contributed by atoms with Crippen LogP contribution in [0.25, 0.3) is 0 Å². The predicted octanol–water partition coefficient (Wildman–Crippen LogP) is 2.38. The lowest BCUT2D eigenvalue weighted by Crippen LogP contribution is -2.46. The fourth-order valence-corrected chi connectivity index (χ4v) is 2.39. The van der Waals surface area contributed by atoms with Crippen molar-refractivity contribution in [2.24, 2.45) is 5.73 Å². The van der Waals surface area contributed by atoms with E-state index in [1.54, 1.807) is 0 Å². The fraction of sp³-hybridized carbons (Fsp3) is 0.500. The molecule has 3 nitrogen and oxygen atoms in total. The van der Waals surface area contributed by atoms with Crippen molar-refractivity contribution in [2.45, 2.75) is 38.1 Å². The third-order valence-corrected chi connectivity index (χ3v) is 3.38. The molecule has 0 bridgehead atoms. The van der Waals surface area contributed by atoms with Gasteiger partial charge in [-0.25, -0.2) is 0 Å². The molecule has 1 saturated carbocycles. The molecule has 1 aromatic rings. The maximum Gasteiger partial charge on any atom is 0.157 e. The monoisotopic (exact) mass is 233 g/mol. The van der Waals surface area contributed by atoms with E-state index in [4.69, 9.17) is 10.5 Å². The quantitative estimate of drug-likeness (QED) is 0.872. The first-order valence-corrected chi connectivity index (χ1v) is 6.22. The number of nitrogens with two attached hydrogens (primary N) is 1. The van der Waals surface area contributed by atoms with Gasteiger partial charge in [-0.3, -0.25) is 4.79 Å². The van der Waals surface area contributed by atoms with Crippen LogP contribution in [0.1, 0.15) is 38.2 Å². The average Bonchev–Trinajstić information content (AvgIpc) is 2.34. The maximum atomic E-state index is 12.0. The predicted molar refractivity (Wildman–Crippen MR) is 67.0 cm³/mol. The Hall–Kier alpha value is -1.35. The first kappa shape index (κ1) is 12.1. The first-order valence-electron chi connectivity index (χ1n) is 6.22. The molecule has 1 unspecified atom stereocenters. The van der Waals surface area contributed by atoms with Gasteiger partial charge in [0.1, 0.15) is 11.3 Å². The summed E-state index contributed by atoms with van der Waals surface area (Å²) in [6.07, 6.45) is 3.31. The van der Waals surface area contributed by atoms with Crippen molar-refractivity contribution in [2.75, 3.05) is 6.61 Å². The molecular formula is C14H19NO2. The highest BCUT2D eigenvalue weighted by atomic mass is 16.5. The highest BCUT2D eigenvalue weighted by Gasteiger charge is 2.37. The number of benzene rings is 1. The topological polar surface area (TPSA) is 52.3 Å². The molecule has 0 amide bonds. The standard InChI is InChI=1S/C14H19NO2/c1-2-17-12-7-5-6-11(10-12)14(15)9-4-3-8-13(14)16/h5-7,10H,2-4,8-9,15H2,1H3. The highest BCUT2D eigenvalue weighted by Crippen LogP contribution is 2.33. The Labute approximate surface area is 102 Å². The largest absolute Gasteiger partial charge is 0.494 e. The number of ether oxygens (including phenoxy) is 1. The molecule has 0 aromatic heterocycles. The van der Waals surface area contributed by atoms with Crippen LogP contribution >= 0.6 is 0 Å². The normalized spacial score (nSPS) is 24.7. The van der Waals surface area contributed by atoms with Crippen molar-refractivity contribution in [1.82, 2.24) is 0 Å². The van der Waals surface area contributed by atoms with Crippen molar-refractivity contribution >= 4 is 5.78 Å². The van der Waals surface area contributed by atoms with E-state index in [9.17, 15) is 4.79 Å². The Kier molecular flexibility index (Phi) is 3.48. The van der Waals surface area contributed by atoms with E-state index >= 15 is 0 Å². The van der Waals surface area contributed by atoms with E-state index in [2.05, 4.69) is 0 Å². The Morgan fingerprint density at radius 2 is 2.24 bits per heavy atom. The molecule has 1 aliphatic rings. The van der Waals surface area contributed by atoms with Crippen molar-refractivity contribution in [3.63, 3.8) is 0 Å². The van der Waals surface area contributed by atoms with E-state index in [0.29, 0.717) is 13.0 Å². The summed E-state index contributed by atoms with van der Waals surface area (Å²) in [7, 11) is 0. The number of ketones is 1. The number of carbonyl (C=O) groups is 1. The molecule has 0 heterocycles. The highest BCUT2D eigenvalue weighted by molar-refractivity contribution is 5.90. The van der Waals surface area contributed by atoms with Crippen molar-refractivity contribution in [1.29, 1.82) is 0 Å². The Balaban J connectivity index is 2.31. The van der Waals surface area contributed by atoms with Crippen molar-refractivity contribution in [3.05, 3.63) is 29.8 Å². The summed E-state index contributed by atoms with van der Waals surface area (Å²) in [5.74, 6) is 0.936. The van der Waals surface area contributed by atoms with Crippen molar-refractivity contribution < 1.29 is 9.53 Å². The van der Waals surface area contributed by atoms with Gasteiger partial charge in [-0.15, -0.1) is 0 Å². The maximum absolute atomic E-state index is 12.0. The summed E-state index contributed by atoms with van der Waals surface area (Å²) >= 11 is 0. The minimum absolute atomic E-state index is 0.150. The molecule has 0 spiro atoms. The SMILES string of the molecule is CCOc1cccc(C2(N)CCCCC2=O)c1. The molecule has 1 atom stereocenters. The lowest BCUT2D eigenvalue weighted by atomic mass is 9.76. The zero-order valence-corrected chi connectivity index (χ0v) is 10.2. The van der Waals surface area contributed by atoms with E-state index in [1.807, 2.05) is 31.2 Å². The van der Waals surface area contributed by atoms with Crippen LogP contribution < -0.4 is 10.5 Å². The molecule has 3 heteroatoms. The van der Waals surface area contributed by atoms with Crippen LogP contribution in [0.2, 0.25) is 0 Å². The van der Waals surface area contributed by atoms with Crippen LogP contribution in [0.3, 0.4) is 0 Å². The number of carbonyl (C=O) groups excluding carboxylic acids is 1. The Morgan fingerprint density at radius 3 is 2.94 bits per heavy atom. The second kappa shape index (κ2) is 4.88. The number of hydrogen-bond donors (Lipinski definition) is 1. The van der Waals surface area contributed by atoms with E-state index in [0.717, 1.165) is 30.6 Å². The molecule has 1 aromatic carbocycles. The second-order valence-corrected chi connectivity index (χ2v) is 4.56. The minimum atomic E-state index is -0.800. The van der Waals surface area contributed by atoms with Crippen LogP contribution in [0, 0.1) is 0 Å². The summed E-state index contributed by atoms with van der Waals surface area (Å²) < 4.78 is 5.45. The number of rotatable bonds is 3. The van der Waals surface area contributed by atoms with Gasteiger partial charge in [0.05, 0.1) is 6.61 Å². The summed E-state index contributed by atoms with van der Waals surface area (Å²) in [4.78, 5) is 12.0. The molecule has 1 fully saturated rings. The zero-order valence-electron chi connectivity index (χ0n) is 10.2. The number of Topliss-reactive ketones (excluding diaryl/α,β-unsaturated/α-hetero) is 1. The van der Waals surface area contributed by atoms with E-state index in [1.165, 1.54) is 0 Å². The molecule has 17 heavy (non-hydrogen) atoms. The lowest BCUT2D eigenvalue weighted by Gasteiger charge is -2.32. The van der Waals surface area contributed by atoms with Gasteiger partial charge in [0.25, 0.3) is 0 Å². The van der Waals surface area contributed by atoms with Gasteiger partial charge in [-0.1, -0.05) is 18.6 Å². The summed E-state index contributed by atoms with van der Waals surface area (Å²) in [6, 6.07) is 7.61. The zero-order chi connectivity index (χ0) is 12.3. The van der Waals surface area contributed by atoms with Gasteiger partial charge >= 0.3 is 0 Å². The minimum Gasteiger partial charge on any atom is -0.494 e. The molecule has 92 valence electrons. The van der Waals surface area contributed by atoms with Crippen LogP contribution in [0.15, 0.2) is 24.3 Å². The van der Waals surface area contributed by atoms with Crippen LogP contribution in [0.4, 0.5) is 0 Å². The first-order chi connectivity index (χ1) is 8.16. The third-order valence-electron chi connectivity index (χ3n) is 3.38. The molecule has 2 rings (SSSR count). The molecule has 0 aliphatic heterocycles. The summed E-state index contributed by atoms with van der Waals surface area (Å²) in [5.41, 5.74) is 6.37. The van der Waals surface area contributed by atoms with Gasteiger partial charge in [-0.05, 0) is 37.5 Å². The van der Waals surface area contributed by atoms with Gasteiger partial charge in [0.2, 0.25) is 0 Å². The van der Waals surface area contributed by atoms with Crippen LogP contribution in [-0.2, 0) is 10.3 Å². The Bertz CT molecular complexity index is 416. The Morgan fingerprint density at radius 1 is 1.41 bits per heavy atom. The third kappa shape index (κ3) is 2.34. The van der Waals surface area contributed by atoms with Gasteiger partial charge in [-0.2, -0.15) is 0 Å². The molecule has 0 saturated heterocycles. The number of hydrogen-bond acceptors (Lipinski definition) is 3. The van der Waals surface area contributed by atoms with Gasteiger partial charge in [0, 0.05) is 6.42 Å². The van der Waals surface area contributed by atoms with Gasteiger partial charge in [0.15, 0.2) is 5.78 Å². The molecule has 2 N–H and O–H groups in total. The fourth-order valence-electron chi connectivity index (χ4n) is 2.39. The van der Waals surface area contributed by atoms with Crippen molar-refractivity contribution in [3.8, 4) is 5.75 Å². The van der Waals surface area contributed by atoms with E-state index < -0.39 is 5.54 Å². The average molecular weight is 233 g/mol. The summed E-state index contributed by atoms with van der Waals surface area (Å²) in [5, 5.41) is 0. The smallest absolute Gasteiger partial charge is 0.157 e. The lowest BCUT2D eigenvalue weighted by molar-refractivity contribution is -0.126. The second-order valence-electron chi connectivity index (χ2n) is 4.56. The van der Waals surface area contributed by atoms with Crippen LogP contribution in [-0.4, -0.2) is 12.4 Å². The van der Waals surface area contributed by atoms with E-state index in [-0.39, 0.29) is 5.78 Å². The molecular weight excluding hydrogens is 214 g/mol. The molecule has 0 radical (unpaired) electrons. The molecule has 1 aliphatic carbocycles.